The highest BCUT2D eigenvalue weighted by Crippen LogP contribution is 2.30. The molecule has 1 aliphatic rings. The zero-order valence-corrected chi connectivity index (χ0v) is 17.9. The minimum Gasteiger partial charge on any atom is -0.469 e. The third kappa shape index (κ3) is 4.03. The van der Waals surface area contributed by atoms with E-state index in [2.05, 4.69) is 15.8 Å². The Kier molecular flexibility index (Phi) is 5.75. The number of benzene rings is 1. The summed E-state index contributed by atoms with van der Waals surface area (Å²) in [6.45, 7) is 5.62. The molecule has 7 heteroatoms. The molecule has 0 atom stereocenters. The SMILES string of the molecule is CCc1ccccc1NC(=O)c1oc2c(c1C)/C(=N/NC(=O)c1ccoc1C)CCC2. The van der Waals surface area contributed by atoms with Crippen molar-refractivity contribution in [2.75, 3.05) is 5.32 Å². The average Bonchev–Trinajstić information content (AvgIpc) is 3.36. The molecule has 160 valence electrons. The van der Waals surface area contributed by atoms with Crippen LogP contribution in [0.1, 0.15) is 68.9 Å². The van der Waals surface area contributed by atoms with Crippen molar-refractivity contribution in [2.45, 2.75) is 46.5 Å². The molecule has 0 spiro atoms. The first-order valence-electron chi connectivity index (χ1n) is 10.4. The summed E-state index contributed by atoms with van der Waals surface area (Å²) >= 11 is 0. The second-order valence-corrected chi connectivity index (χ2v) is 7.56. The number of hydrogen-bond donors (Lipinski definition) is 2. The maximum Gasteiger partial charge on any atom is 0.291 e. The van der Waals surface area contributed by atoms with Crippen molar-refractivity contribution in [3.63, 3.8) is 0 Å². The Labute approximate surface area is 180 Å². The number of carbonyl (C=O) groups excluding carboxylic acids is 2. The van der Waals surface area contributed by atoms with Gasteiger partial charge in [0.1, 0.15) is 11.5 Å². The average molecular weight is 419 g/mol. The topological polar surface area (TPSA) is 96.8 Å². The normalized spacial score (nSPS) is 14.4. The van der Waals surface area contributed by atoms with Gasteiger partial charge in [-0.15, -0.1) is 0 Å². The Morgan fingerprint density at radius 1 is 1.10 bits per heavy atom. The van der Waals surface area contributed by atoms with E-state index < -0.39 is 0 Å². The van der Waals surface area contributed by atoms with E-state index in [0.717, 1.165) is 47.4 Å². The first kappa shape index (κ1) is 20.7. The molecule has 0 saturated carbocycles. The Morgan fingerprint density at radius 3 is 2.65 bits per heavy atom. The first-order valence-corrected chi connectivity index (χ1v) is 10.4. The van der Waals surface area contributed by atoms with Crippen molar-refractivity contribution >= 4 is 23.2 Å². The third-order valence-corrected chi connectivity index (χ3v) is 5.57. The van der Waals surface area contributed by atoms with E-state index >= 15 is 0 Å². The second-order valence-electron chi connectivity index (χ2n) is 7.56. The molecular formula is C24H25N3O4. The fourth-order valence-electron chi connectivity index (χ4n) is 3.93. The van der Waals surface area contributed by atoms with Gasteiger partial charge in [0.05, 0.1) is 17.5 Å². The van der Waals surface area contributed by atoms with Crippen LogP contribution in [0.5, 0.6) is 0 Å². The lowest BCUT2D eigenvalue weighted by molar-refractivity contribution is 0.0952. The standard InChI is InChI=1S/C24H25N3O4/c1-4-16-8-5-6-9-18(16)25-24(29)22-14(2)21-19(10-7-11-20(21)31-22)26-27-23(28)17-12-13-30-15(17)3/h5-6,8-9,12-13H,4,7,10-11H2,1-3H3,(H,25,29)(H,27,28)/b26-19+. The van der Waals surface area contributed by atoms with Crippen molar-refractivity contribution < 1.29 is 18.4 Å². The van der Waals surface area contributed by atoms with E-state index in [1.54, 1.807) is 13.0 Å². The summed E-state index contributed by atoms with van der Waals surface area (Å²) in [5, 5.41) is 7.31. The highest BCUT2D eigenvalue weighted by Gasteiger charge is 2.28. The van der Waals surface area contributed by atoms with Gasteiger partial charge >= 0.3 is 0 Å². The molecule has 2 amide bonds. The fraction of sp³-hybridized carbons (Fsp3) is 0.292. The number of rotatable bonds is 5. The molecule has 7 nitrogen and oxygen atoms in total. The predicted octanol–water partition coefficient (Wildman–Crippen LogP) is 4.77. The third-order valence-electron chi connectivity index (χ3n) is 5.57. The molecular weight excluding hydrogens is 394 g/mol. The number of furan rings is 2. The number of anilines is 1. The minimum absolute atomic E-state index is 0.280. The fourth-order valence-corrected chi connectivity index (χ4v) is 3.93. The van der Waals surface area contributed by atoms with E-state index in [0.29, 0.717) is 23.5 Å². The summed E-state index contributed by atoms with van der Waals surface area (Å²) in [5.74, 6) is 0.923. The van der Waals surface area contributed by atoms with Gasteiger partial charge in [-0.1, -0.05) is 25.1 Å². The molecule has 2 N–H and O–H groups in total. The molecule has 0 bridgehead atoms. The zero-order valence-electron chi connectivity index (χ0n) is 17.9. The number of hydrogen-bond acceptors (Lipinski definition) is 5. The maximum atomic E-state index is 13.0. The van der Waals surface area contributed by atoms with E-state index in [1.807, 2.05) is 38.1 Å². The molecule has 1 aromatic carbocycles. The van der Waals surface area contributed by atoms with Crippen LogP contribution in [0.4, 0.5) is 5.69 Å². The van der Waals surface area contributed by atoms with Gasteiger partial charge in [0.15, 0.2) is 5.76 Å². The number of aryl methyl sites for hydroxylation is 3. The van der Waals surface area contributed by atoms with Gasteiger partial charge in [0.25, 0.3) is 11.8 Å². The molecule has 1 aliphatic carbocycles. The lowest BCUT2D eigenvalue weighted by Gasteiger charge is -2.13. The summed E-state index contributed by atoms with van der Waals surface area (Å²) < 4.78 is 11.1. The zero-order chi connectivity index (χ0) is 22.0. The van der Waals surface area contributed by atoms with Crippen molar-refractivity contribution in [3.8, 4) is 0 Å². The summed E-state index contributed by atoms with van der Waals surface area (Å²) in [6.07, 6.45) is 4.54. The monoisotopic (exact) mass is 419 g/mol. The number of hydrazone groups is 1. The lowest BCUT2D eigenvalue weighted by atomic mass is 9.93. The van der Waals surface area contributed by atoms with E-state index in [4.69, 9.17) is 8.83 Å². The smallest absolute Gasteiger partial charge is 0.291 e. The van der Waals surface area contributed by atoms with Crippen LogP contribution in [0, 0.1) is 13.8 Å². The quantitative estimate of drug-likeness (QED) is 0.582. The van der Waals surface area contributed by atoms with Gasteiger partial charge in [-0.2, -0.15) is 5.10 Å². The summed E-state index contributed by atoms with van der Waals surface area (Å²) in [6, 6.07) is 9.33. The highest BCUT2D eigenvalue weighted by atomic mass is 16.4. The Bertz CT molecular complexity index is 1170. The molecule has 0 aliphatic heterocycles. The van der Waals surface area contributed by atoms with E-state index in [-0.39, 0.29) is 17.6 Å². The van der Waals surface area contributed by atoms with E-state index in [1.165, 1.54) is 6.26 Å². The highest BCUT2D eigenvalue weighted by molar-refractivity contribution is 6.09. The minimum atomic E-state index is -0.332. The molecule has 2 heterocycles. The van der Waals surface area contributed by atoms with Crippen LogP contribution in [-0.4, -0.2) is 17.5 Å². The molecule has 0 unspecified atom stereocenters. The molecule has 3 aromatic rings. The summed E-state index contributed by atoms with van der Waals surface area (Å²) in [5.41, 5.74) is 7.14. The number of para-hydroxylation sites is 1. The van der Waals surface area contributed by atoms with Gasteiger partial charge in [0, 0.05) is 23.2 Å². The van der Waals surface area contributed by atoms with Crippen molar-refractivity contribution in [3.05, 3.63) is 76.1 Å². The van der Waals surface area contributed by atoms with Gasteiger partial charge in [-0.25, -0.2) is 5.43 Å². The summed E-state index contributed by atoms with van der Waals surface area (Å²) in [4.78, 5) is 25.3. The molecule has 0 radical (unpaired) electrons. The molecule has 4 rings (SSSR count). The number of fused-ring (bicyclic) bond motifs is 1. The second kappa shape index (κ2) is 8.63. The Morgan fingerprint density at radius 2 is 1.90 bits per heavy atom. The van der Waals surface area contributed by atoms with Gasteiger partial charge in [-0.05, 0) is 50.8 Å². The van der Waals surface area contributed by atoms with Crippen LogP contribution >= 0.6 is 0 Å². The summed E-state index contributed by atoms with van der Waals surface area (Å²) in [7, 11) is 0. The van der Waals surface area contributed by atoms with Crippen LogP contribution in [0.25, 0.3) is 0 Å². The molecule has 0 fully saturated rings. The van der Waals surface area contributed by atoms with Gasteiger partial charge in [-0.3, -0.25) is 9.59 Å². The maximum absolute atomic E-state index is 13.0. The van der Waals surface area contributed by atoms with Gasteiger partial charge in [0.2, 0.25) is 0 Å². The molecule has 0 saturated heterocycles. The predicted molar refractivity (Wildman–Crippen MR) is 118 cm³/mol. The lowest BCUT2D eigenvalue weighted by Crippen LogP contribution is -2.22. The van der Waals surface area contributed by atoms with Gasteiger partial charge < -0.3 is 14.2 Å². The number of nitrogens with zero attached hydrogens (tertiary/aromatic N) is 1. The van der Waals surface area contributed by atoms with Crippen molar-refractivity contribution in [2.24, 2.45) is 5.10 Å². The number of carbonyl (C=O) groups is 2. The van der Waals surface area contributed by atoms with Crippen LogP contribution < -0.4 is 10.7 Å². The van der Waals surface area contributed by atoms with Crippen molar-refractivity contribution in [1.82, 2.24) is 5.43 Å². The number of amides is 2. The van der Waals surface area contributed by atoms with Crippen molar-refractivity contribution in [1.29, 1.82) is 0 Å². The van der Waals surface area contributed by atoms with Crippen LogP contribution in [0.2, 0.25) is 0 Å². The number of nitrogens with one attached hydrogen (secondary N) is 2. The van der Waals surface area contributed by atoms with Crippen LogP contribution in [0.3, 0.4) is 0 Å². The Balaban J connectivity index is 1.59. The molecule has 31 heavy (non-hydrogen) atoms. The first-order chi connectivity index (χ1) is 15.0. The van der Waals surface area contributed by atoms with E-state index in [9.17, 15) is 9.59 Å². The molecule has 2 aromatic heterocycles. The van der Waals surface area contributed by atoms with Crippen LogP contribution in [-0.2, 0) is 12.8 Å². The largest absolute Gasteiger partial charge is 0.469 e. The Hall–Kier alpha value is -3.61. The van der Waals surface area contributed by atoms with Crippen LogP contribution in [0.15, 0.2) is 50.5 Å².